The van der Waals surface area contributed by atoms with Crippen molar-refractivity contribution in [1.29, 1.82) is 0 Å². The van der Waals surface area contributed by atoms with Gasteiger partial charge in [-0.3, -0.25) is 4.79 Å². The summed E-state index contributed by atoms with van der Waals surface area (Å²) >= 11 is 1.10. The van der Waals surface area contributed by atoms with Crippen molar-refractivity contribution in [2.24, 2.45) is 0 Å². The molecule has 2 rings (SSSR count). The lowest BCUT2D eigenvalue weighted by Crippen LogP contribution is -2.14. The molecule has 0 atom stereocenters. The number of para-hydroxylation sites is 2. The Kier molecular flexibility index (Phi) is 3.57. The van der Waals surface area contributed by atoms with Gasteiger partial charge in [0.25, 0.3) is 5.91 Å². The van der Waals surface area contributed by atoms with Crippen molar-refractivity contribution in [3.05, 3.63) is 34.8 Å². The van der Waals surface area contributed by atoms with Crippen molar-refractivity contribution < 1.29 is 4.79 Å². The standard InChI is InChI=1S/C12H14N4OS/c1-7(2)10-11(18-16-15-10)12(17)14-9-6-4-3-5-8(9)13/h3-7H,13H2,1-2H3,(H,14,17). The van der Waals surface area contributed by atoms with Gasteiger partial charge in [0.1, 0.15) is 4.88 Å². The first-order valence-electron chi connectivity index (χ1n) is 5.57. The van der Waals surface area contributed by atoms with Gasteiger partial charge in [-0.15, -0.1) is 5.10 Å². The van der Waals surface area contributed by atoms with Crippen LogP contribution in [0.25, 0.3) is 0 Å². The smallest absolute Gasteiger partial charge is 0.269 e. The van der Waals surface area contributed by atoms with Crippen LogP contribution >= 0.6 is 11.5 Å². The molecule has 0 aliphatic heterocycles. The fraction of sp³-hybridized carbons (Fsp3) is 0.250. The number of amides is 1. The summed E-state index contributed by atoms with van der Waals surface area (Å²) in [6.07, 6.45) is 0. The Hall–Kier alpha value is -1.95. The lowest BCUT2D eigenvalue weighted by molar-refractivity contribution is 0.102. The Morgan fingerprint density at radius 1 is 1.39 bits per heavy atom. The van der Waals surface area contributed by atoms with Crippen molar-refractivity contribution in [3.63, 3.8) is 0 Å². The van der Waals surface area contributed by atoms with Crippen LogP contribution in [0.2, 0.25) is 0 Å². The zero-order chi connectivity index (χ0) is 13.1. The first kappa shape index (κ1) is 12.5. The quantitative estimate of drug-likeness (QED) is 0.833. The molecule has 0 saturated heterocycles. The second-order valence-corrected chi connectivity index (χ2v) is 4.94. The van der Waals surface area contributed by atoms with E-state index in [0.29, 0.717) is 21.9 Å². The van der Waals surface area contributed by atoms with E-state index in [0.717, 1.165) is 11.5 Å². The first-order chi connectivity index (χ1) is 8.59. The summed E-state index contributed by atoms with van der Waals surface area (Å²) in [4.78, 5) is 12.7. The number of anilines is 2. The number of rotatable bonds is 3. The van der Waals surface area contributed by atoms with Gasteiger partial charge in [-0.1, -0.05) is 30.5 Å². The average molecular weight is 262 g/mol. The maximum absolute atomic E-state index is 12.1. The minimum absolute atomic E-state index is 0.164. The molecule has 0 aliphatic rings. The Morgan fingerprint density at radius 3 is 2.78 bits per heavy atom. The van der Waals surface area contributed by atoms with Crippen molar-refractivity contribution in [3.8, 4) is 0 Å². The molecule has 0 aliphatic carbocycles. The molecule has 2 aromatic rings. The number of nitrogen functional groups attached to an aromatic ring is 1. The highest BCUT2D eigenvalue weighted by molar-refractivity contribution is 7.08. The second kappa shape index (κ2) is 5.14. The maximum Gasteiger partial charge on any atom is 0.269 e. The van der Waals surface area contributed by atoms with E-state index in [2.05, 4.69) is 14.9 Å². The van der Waals surface area contributed by atoms with E-state index in [4.69, 9.17) is 5.73 Å². The number of nitrogens with zero attached hydrogens (tertiary/aromatic N) is 2. The van der Waals surface area contributed by atoms with Crippen molar-refractivity contribution in [1.82, 2.24) is 9.59 Å². The number of hydrogen-bond donors (Lipinski definition) is 2. The maximum atomic E-state index is 12.1. The van der Waals surface area contributed by atoms with Gasteiger partial charge in [0, 0.05) is 0 Å². The number of benzene rings is 1. The van der Waals surface area contributed by atoms with E-state index in [-0.39, 0.29) is 11.8 Å². The summed E-state index contributed by atoms with van der Waals surface area (Å²) in [6, 6.07) is 7.14. The molecule has 1 heterocycles. The molecule has 18 heavy (non-hydrogen) atoms. The minimum atomic E-state index is -0.216. The van der Waals surface area contributed by atoms with Gasteiger partial charge in [-0.05, 0) is 29.6 Å². The fourth-order valence-corrected chi connectivity index (χ4v) is 2.24. The highest BCUT2D eigenvalue weighted by Crippen LogP contribution is 2.23. The van der Waals surface area contributed by atoms with E-state index < -0.39 is 0 Å². The van der Waals surface area contributed by atoms with Gasteiger partial charge in [-0.2, -0.15) is 0 Å². The van der Waals surface area contributed by atoms with Crippen LogP contribution in [-0.2, 0) is 0 Å². The monoisotopic (exact) mass is 262 g/mol. The van der Waals surface area contributed by atoms with Crippen molar-refractivity contribution in [2.75, 3.05) is 11.1 Å². The molecule has 1 aromatic heterocycles. The highest BCUT2D eigenvalue weighted by atomic mass is 32.1. The third kappa shape index (κ3) is 2.48. The minimum Gasteiger partial charge on any atom is -0.397 e. The molecule has 0 saturated carbocycles. The summed E-state index contributed by atoms with van der Waals surface area (Å²) in [7, 11) is 0. The largest absolute Gasteiger partial charge is 0.397 e. The van der Waals surface area contributed by atoms with Gasteiger partial charge < -0.3 is 11.1 Å². The number of hydrogen-bond acceptors (Lipinski definition) is 5. The molecule has 1 amide bonds. The van der Waals surface area contributed by atoms with Crippen LogP contribution in [0.3, 0.4) is 0 Å². The summed E-state index contributed by atoms with van der Waals surface area (Å²) in [6.45, 7) is 3.95. The summed E-state index contributed by atoms with van der Waals surface area (Å²) in [5, 5.41) is 6.75. The second-order valence-electron chi connectivity index (χ2n) is 4.18. The molecule has 0 spiro atoms. The van der Waals surface area contributed by atoms with E-state index >= 15 is 0 Å². The Labute approximate surface area is 109 Å². The topological polar surface area (TPSA) is 80.9 Å². The average Bonchev–Trinajstić information content (AvgIpc) is 2.81. The summed E-state index contributed by atoms with van der Waals surface area (Å²) in [5.41, 5.74) is 7.63. The van der Waals surface area contributed by atoms with Gasteiger partial charge in [0.2, 0.25) is 0 Å². The Bertz CT molecular complexity index is 565. The van der Waals surface area contributed by atoms with E-state index in [1.54, 1.807) is 12.1 Å². The SMILES string of the molecule is CC(C)c1nnsc1C(=O)Nc1ccccc1N. The van der Waals surface area contributed by atoms with E-state index in [1.807, 2.05) is 26.0 Å². The molecule has 6 heteroatoms. The highest BCUT2D eigenvalue weighted by Gasteiger charge is 2.19. The lowest BCUT2D eigenvalue weighted by Gasteiger charge is -2.08. The molecular weight excluding hydrogens is 248 g/mol. The molecule has 94 valence electrons. The summed E-state index contributed by atoms with van der Waals surface area (Å²) < 4.78 is 3.83. The Balaban J connectivity index is 2.23. The summed E-state index contributed by atoms with van der Waals surface area (Å²) in [5.74, 6) is -0.0516. The van der Waals surface area contributed by atoms with Crippen LogP contribution in [0, 0.1) is 0 Å². The molecule has 1 aromatic carbocycles. The number of nitrogens with one attached hydrogen (secondary N) is 1. The van der Waals surface area contributed by atoms with Gasteiger partial charge >= 0.3 is 0 Å². The molecule has 0 unspecified atom stereocenters. The zero-order valence-electron chi connectivity index (χ0n) is 10.2. The van der Waals surface area contributed by atoms with Crippen LogP contribution in [0.4, 0.5) is 11.4 Å². The predicted molar refractivity (Wildman–Crippen MR) is 72.8 cm³/mol. The van der Waals surface area contributed by atoms with Crippen LogP contribution in [0.5, 0.6) is 0 Å². The van der Waals surface area contributed by atoms with Crippen LogP contribution in [-0.4, -0.2) is 15.5 Å². The van der Waals surface area contributed by atoms with E-state index in [9.17, 15) is 4.79 Å². The van der Waals surface area contributed by atoms with E-state index in [1.165, 1.54) is 0 Å². The predicted octanol–water partition coefficient (Wildman–Crippen LogP) is 2.50. The fourth-order valence-electron chi connectivity index (χ4n) is 1.52. The molecule has 0 fully saturated rings. The zero-order valence-corrected chi connectivity index (χ0v) is 11.0. The molecular formula is C12H14N4OS. The van der Waals surface area contributed by atoms with Crippen LogP contribution in [0.1, 0.15) is 35.1 Å². The van der Waals surface area contributed by atoms with Gasteiger partial charge in [0.05, 0.1) is 17.1 Å². The Morgan fingerprint density at radius 2 is 2.11 bits per heavy atom. The third-order valence-corrected chi connectivity index (χ3v) is 3.22. The number of carbonyl (C=O) groups is 1. The van der Waals surface area contributed by atoms with Gasteiger partial charge in [0.15, 0.2) is 0 Å². The van der Waals surface area contributed by atoms with Crippen molar-refractivity contribution >= 4 is 28.8 Å². The normalized spacial score (nSPS) is 10.6. The number of carbonyl (C=O) groups excluding carboxylic acids is 1. The molecule has 0 bridgehead atoms. The third-order valence-electron chi connectivity index (χ3n) is 2.48. The number of aromatic nitrogens is 2. The number of nitrogens with two attached hydrogens (primary N) is 1. The van der Waals surface area contributed by atoms with Gasteiger partial charge in [-0.25, -0.2) is 0 Å². The molecule has 3 N–H and O–H groups in total. The molecule has 0 radical (unpaired) electrons. The lowest BCUT2D eigenvalue weighted by atomic mass is 10.1. The molecule has 5 nitrogen and oxygen atoms in total. The first-order valence-corrected chi connectivity index (χ1v) is 6.35. The van der Waals surface area contributed by atoms with Crippen molar-refractivity contribution in [2.45, 2.75) is 19.8 Å². The van der Waals surface area contributed by atoms with Crippen LogP contribution in [0.15, 0.2) is 24.3 Å². The van der Waals surface area contributed by atoms with Crippen LogP contribution < -0.4 is 11.1 Å².